The van der Waals surface area contributed by atoms with Crippen LogP contribution in [0.3, 0.4) is 0 Å². The van der Waals surface area contributed by atoms with E-state index in [1.807, 2.05) is 24.3 Å². The van der Waals surface area contributed by atoms with Gasteiger partial charge < -0.3 is 15.8 Å². The zero-order chi connectivity index (χ0) is 14.9. The van der Waals surface area contributed by atoms with Gasteiger partial charge in [0.15, 0.2) is 5.96 Å². The number of aliphatic imine (C=N–C) groups is 1. The molecule has 1 unspecified atom stereocenters. The lowest BCUT2D eigenvalue weighted by atomic mass is 10.0. The molecule has 4 nitrogen and oxygen atoms in total. The molecule has 0 saturated heterocycles. The number of guanidine groups is 1. The van der Waals surface area contributed by atoms with Crippen LogP contribution in [0.25, 0.3) is 0 Å². The zero-order valence-corrected chi connectivity index (χ0v) is 11.7. The van der Waals surface area contributed by atoms with E-state index in [1.54, 1.807) is 0 Å². The molecule has 2 aliphatic rings. The van der Waals surface area contributed by atoms with E-state index in [2.05, 4.69) is 10.3 Å². The van der Waals surface area contributed by atoms with Gasteiger partial charge in [-0.15, -0.1) is 0 Å². The Morgan fingerprint density at radius 3 is 2.90 bits per heavy atom. The summed E-state index contributed by atoms with van der Waals surface area (Å²) in [7, 11) is 0. The molecule has 21 heavy (non-hydrogen) atoms. The Morgan fingerprint density at radius 2 is 2.19 bits per heavy atom. The van der Waals surface area contributed by atoms with Gasteiger partial charge in [0.05, 0.1) is 24.6 Å². The Labute approximate surface area is 122 Å². The van der Waals surface area contributed by atoms with Crippen molar-refractivity contribution >= 4 is 5.96 Å². The minimum absolute atomic E-state index is 0.0143. The fourth-order valence-corrected chi connectivity index (χ4v) is 2.56. The normalized spacial score (nSPS) is 23.4. The number of hydrogen-bond donors (Lipinski definition) is 2. The van der Waals surface area contributed by atoms with Crippen LogP contribution in [0.15, 0.2) is 29.3 Å². The molecule has 1 aliphatic carbocycles. The van der Waals surface area contributed by atoms with Gasteiger partial charge in [-0.05, 0) is 18.9 Å². The van der Waals surface area contributed by atoms with Crippen molar-refractivity contribution in [3.05, 3.63) is 29.8 Å². The van der Waals surface area contributed by atoms with Crippen LogP contribution in [0.4, 0.5) is 8.78 Å². The van der Waals surface area contributed by atoms with Crippen LogP contribution >= 0.6 is 0 Å². The number of fused-ring (bicyclic) bond motifs is 1. The van der Waals surface area contributed by atoms with Crippen molar-refractivity contribution in [1.29, 1.82) is 0 Å². The van der Waals surface area contributed by atoms with Gasteiger partial charge in [0, 0.05) is 12.0 Å². The van der Waals surface area contributed by atoms with Crippen LogP contribution in [0.2, 0.25) is 0 Å². The molecule has 3 rings (SSSR count). The maximum Gasteiger partial charge on any atom is 0.245 e. The zero-order valence-electron chi connectivity index (χ0n) is 11.7. The average Bonchev–Trinajstić information content (AvgIpc) is 3.27. The molecule has 0 bridgehead atoms. The lowest BCUT2D eigenvalue weighted by molar-refractivity contribution is 0.0667. The van der Waals surface area contributed by atoms with Gasteiger partial charge in [-0.3, -0.25) is 4.99 Å². The van der Waals surface area contributed by atoms with Gasteiger partial charge in [-0.2, -0.15) is 0 Å². The Hall–Kier alpha value is -1.85. The first kappa shape index (κ1) is 14.1. The topological polar surface area (TPSA) is 59.6 Å². The van der Waals surface area contributed by atoms with Crippen LogP contribution in [0.5, 0.6) is 5.75 Å². The number of hydrogen-bond acceptors (Lipinski definition) is 2. The molecule has 0 spiro atoms. The van der Waals surface area contributed by atoms with E-state index in [0.717, 1.165) is 17.7 Å². The number of nitrogens with zero attached hydrogens (tertiary/aromatic N) is 1. The van der Waals surface area contributed by atoms with Crippen LogP contribution in [-0.2, 0) is 0 Å². The van der Waals surface area contributed by atoms with Crippen molar-refractivity contribution in [2.75, 3.05) is 13.2 Å². The lowest BCUT2D eigenvalue weighted by Crippen LogP contribution is -2.38. The van der Waals surface area contributed by atoms with E-state index in [9.17, 15) is 8.78 Å². The largest absolute Gasteiger partial charge is 0.493 e. The highest BCUT2D eigenvalue weighted by molar-refractivity contribution is 5.78. The molecule has 1 atom stereocenters. The number of rotatable bonds is 4. The van der Waals surface area contributed by atoms with Crippen LogP contribution in [0.1, 0.15) is 30.9 Å². The quantitative estimate of drug-likeness (QED) is 0.662. The number of benzene rings is 1. The lowest BCUT2D eigenvalue weighted by Gasteiger charge is -2.27. The van der Waals surface area contributed by atoms with Crippen LogP contribution in [0, 0.1) is 5.41 Å². The first-order valence-corrected chi connectivity index (χ1v) is 7.17. The molecule has 0 aromatic heterocycles. The van der Waals surface area contributed by atoms with Gasteiger partial charge in [0.2, 0.25) is 6.43 Å². The highest BCUT2D eigenvalue weighted by atomic mass is 19.3. The minimum Gasteiger partial charge on any atom is -0.493 e. The number of nitrogens with two attached hydrogens (primary N) is 1. The van der Waals surface area contributed by atoms with E-state index in [0.29, 0.717) is 19.4 Å². The molecule has 3 N–H and O–H groups in total. The summed E-state index contributed by atoms with van der Waals surface area (Å²) < 4.78 is 31.2. The van der Waals surface area contributed by atoms with Gasteiger partial charge in [-0.1, -0.05) is 18.2 Å². The van der Waals surface area contributed by atoms with Gasteiger partial charge in [0.1, 0.15) is 5.75 Å². The molecule has 1 fully saturated rings. The summed E-state index contributed by atoms with van der Waals surface area (Å²) >= 11 is 0. The summed E-state index contributed by atoms with van der Waals surface area (Å²) in [5.74, 6) is 1.06. The first-order valence-electron chi connectivity index (χ1n) is 7.17. The molecular formula is C15H19F2N3O. The van der Waals surface area contributed by atoms with E-state index < -0.39 is 11.8 Å². The van der Waals surface area contributed by atoms with Crippen molar-refractivity contribution in [3.63, 3.8) is 0 Å². The minimum atomic E-state index is -2.32. The fourth-order valence-electron chi connectivity index (χ4n) is 2.56. The Kier molecular flexibility index (Phi) is 3.69. The number of para-hydroxylation sites is 1. The maximum absolute atomic E-state index is 12.8. The fraction of sp³-hybridized carbons (Fsp3) is 0.533. The summed E-state index contributed by atoms with van der Waals surface area (Å²) in [6.45, 7) is 0.692. The SMILES string of the molecule is NC(=NCC1(C(F)F)CC1)NC1CCOc2ccccc21. The van der Waals surface area contributed by atoms with Gasteiger partial charge >= 0.3 is 0 Å². The predicted octanol–water partition coefficient (Wildman–Crippen LogP) is 2.46. The second-order valence-corrected chi connectivity index (χ2v) is 5.74. The number of halogens is 2. The van der Waals surface area contributed by atoms with E-state index >= 15 is 0 Å². The van der Waals surface area contributed by atoms with Crippen molar-refractivity contribution in [3.8, 4) is 5.75 Å². The molecule has 0 amide bonds. The van der Waals surface area contributed by atoms with E-state index in [4.69, 9.17) is 10.5 Å². The summed E-state index contributed by atoms with van der Waals surface area (Å²) in [5.41, 5.74) is 5.94. The monoisotopic (exact) mass is 295 g/mol. The maximum atomic E-state index is 12.8. The van der Waals surface area contributed by atoms with Gasteiger partial charge in [0.25, 0.3) is 0 Å². The number of nitrogens with one attached hydrogen (secondary N) is 1. The van der Waals surface area contributed by atoms with Crippen molar-refractivity contribution in [2.45, 2.75) is 31.7 Å². The van der Waals surface area contributed by atoms with Crippen molar-refractivity contribution < 1.29 is 13.5 Å². The highest BCUT2D eigenvalue weighted by Gasteiger charge is 2.50. The molecule has 1 aromatic rings. The smallest absolute Gasteiger partial charge is 0.245 e. The van der Waals surface area contributed by atoms with E-state index in [-0.39, 0.29) is 18.5 Å². The molecular weight excluding hydrogens is 276 g/mol. The third-order valence-corrected chi connectivity index (χ3v) is 4.20. The Bertz CT molecular complexity index is 543. The molecule has 1 aromatic carbocycles. The van der Waals surface area contributed by atoms with E-state index in [1.165, 1.54) is 0 Å². The Morgan fingerprint density at radius 1 is 1.43 bits per heavy atom. The molecule has 1 heterocycles. The molecule has 1 aliphatic heterocycles. The highest BCUT2D eigenvalue weighted by Crippen LogP contribution is 2.50. The predicted molar refractivity (Wildman–Crippen MR) is 76.6 cm³/mol. The summed E-state index contributed by atoms with van der Waals surface area (Å²) in [6.07, 6.45) is -0.492. The number of ether oxygens (including phenoxy) is 1. The average molecular weight is 295 g/mol. The molecule has 1 saturated carbocycles. The summed E-state index contributed by atoms with van der Waals surface area (Å²) in [5, 5.41) is 3.12. The first-order chi connectivity index (χ1) is 10.1. The summed E-state index contributed by atoms with van der Waals surface area (Å²) in [4.78, 5) is 4.11. The van der Waals surface area contributed by atoms with Crippen molar-refractivity contribution in [2.24, 2.45) is 16.1 Å². The van der Waals surface area contributed by atoms with Gasteiger partial charge in [-0.25, -0.2) is 8.78 Å². The van der Waals surface area contributed by atoms with Crippen LogP contribution in [-0.4, -0.2) is 25.5 Å². The standard InChI is InChI=1S/C15H19F2N3O/c16-13(17)15(6-7-15)9-19-14(18)20-11-5-8-21-12-4-2-1-3-10(11)12/h1-4,11,13H,5-9H2,(H3,18,19,20). The molecule has 6 heteroatoms. The second-order valence-electron chi connectivity index (χ2n) is 5.74. The van der Waals surface area contributed by atoms with Crippen molar-refractivity contribution in [1.82, 2.24) is 5.32 Å². The summed E-state index contributed by atoms with van der Waals surface area (Å²) in [6, 6.07) is 7.75. The third kappa shape index (κ3) is 2.94. The molecule has 0 radical (unpaired) electrons. The third-order valence-electron chi connectivity index (χ3n) is 4.20. The second kappa shape index (κ2) is 5.50. The molecule has 114 valence electrons. The van der Waals surface area contributed by atoms with Crippen LogP contribution < -0.4 is 15.8 Å². The number of alkyl halides is 2. The Balaban J connectivity index is 1.64.